The summed E-state index contributed by atoms with van der Waals surface area (Å²) in [5.41, 5.74) is 5.63. The molecule has 0 aromatic heterocycles. The van der Waals surface area contributed by atoms with E-state index in [1.165, 1.54) is 23.2 Å². The first kappa shape index (κ1) is 21.4. The molecule has 0 saturated carbocycles. The molecule has 0 bridgehead atoms. The van der Waals surface area contributed by atoms with Gasteiger partial charge in [-0.1, -0.05) is 77.9 Å². The lowest BCUT2D eigenvalue weighted by Gasteiger charge is -2.34. The molecule has 4 rings (SSSR count). The maximum absolute atomic E-state index is 11.8. The smallest absolute Gasteiger partial charge is 0.224 e. The van der Waals surface area contributed by atoms with Crippen molar-refractivity contribution in [2.45, 2.75) is 73.4 Å². The minimum absolute atomic E-state index is 0.116. The third-order valence-electron chi connectivity index (χ3n) is 6.13. The number of nitrogens with zero attached hydrogens (tertiary/aromatic N) is 1. The molecule has 29 heavy (non-hydrogen) atoms. The van der Waals surface area contributed by atoms with Gasteiger partial charge in [-0.05, 0) is 46.9 Å². The second kappa shape index (κ2) is 7.85. The monoisotopic (exact) mass is 392 g/mol. The minimum Gasteiger partial charge on any atom is -0.381 e. The Balaban J connectivity index is 0.000000169. The molecule has 3 nitrogen and oxygen atoms in total. The van der Waals surface area contributed by atoms with Gasteiger partial charge in [0.1, 0.15) is 0 Å². The lowest BCUT2D eigenvalue weighted by molar-refractivity contribution is -0.117. The summed E-state index contributed by atoms with van der Waals surface area (Å²) in [6.07, 6.45) is 2.14. The van der Waals surface area contributed by atoms with Gasteiger partial charge >= 0.3 is 0 Å². The molecule has 2 aliphatic heterocycles. The summed E-state index contributed by atoms with van der Waals surface area (Å²) in [6, 6.07) is 17.7. The Morgan fingerprint density at radius 1 is 0.862 bits per heavy atom. The fourth-order valence-corrected chi connectivity index (χ4v) is 4.29. The van der Waals surface area contributed by atoms with Crippen LogP contribution < -0.4 is 10.2 Å². The Labute approximate surface area is 176 Å². The maximum Gasteiger partial charge on any atom is 0.224 e. The van der Waals surface area contributed by atoms with E-state index < -0.39 is 0 Å². The van der Waals surface area contributed by atoms with Gasteiger partial charge in [-0.3, -0.25) is 4.79 Å². The van der Waals surface area contributed by atoms with Crippen molar-refractivity contribution >= 4 is 17.3 Å². The van der Waals surface area contributed by atoms with Crippen molar-refractivity contribution in [2.24, 2.45) is 10.8 Å². The predicted octanol–water partition coefficient (Wildman–Crippen LogP) is 6.08. The minimum atomic E-state index is 0.116. The van der Waals surface area contributed by atoms with E-state index in [2.05, 4.69) is 77.2 Å². The number of carbonyl (C=O) groups excluding carboxylic acids is 1. The van der Waals surface area contributed by atoms with Crippen LogP contribution in [0, 0.1) is 10.8 Å². The van der Waals surface area contributed by atoms with Gasteiger partial charge in [0.2, 0.25) is 5.91 Å². The lowest BCUT2D eigenvalue weighted by atomic mass is 9.84. The summed E-state index contributed by atoms with van der Waals surface area (Å²) >= 11 is 0. The fourth-order valence-electron chi connectivity index (χ4n) is 4.29. The van der Waals surface area contributed by atoms with Crippen LogP contribution in [0.2, 0.25) is 0 Å². The average molecular weight is 393 g/mol. The van der Waals surface area contributed by atoms with Gasteiger partial charge in [0.25, 0.3) is 0 Å². The number of rotatable bonds is 0. The summed E-state index contributed by atoms with van der Waals surface area (Å²) in [4.78, 5) is 13.7. The topological polar surface area (TPSA) is 32.3 Å². The summed E-state index contributed by atoms with van der Waals surface area (Å²) in [5.74, 6) is 0.143. The molecular formula is C26H36N2O. The molecule has 2 atom stereocenters. The number of amides is 1. The Morgan fingerprint density at radius 2 is 1.45 bits per heavy atom. The molecule has 156 valence electrons. The fraction of sp³-hybridized carbons (Fsp3) is 0.500. The normalized spacial score (nSPS) is 20.3. The van der Waals surface area contributed by atoms with E-state index in [0.717, 1.165) is 12.1 Å². The van der Waals surface area contributed by atoms with E-state index in [9.17, 15) is 4.79 Å². The van der Waals surface area contributed by atoms with Crippen molar-refractivity contribution in [3.63, 3.8) is 0 Å². The predicted molar refractivity (Wildman–Crippen MR) is 124 cm³/mol. The van der Waals surface area contributed by atoms with Crippen LogP contribution in [0.15, 0.2) is 48.5 Å². The highest BCUT2D eigenvalue weighted by Gasteiger charge is 2.38. The number of nitrogens with one attached hydrogen (secondary N) is 1. The standard InChI is InChI=1S/C14H19NO.C12H17N/c1-10(16)15-12-8-6-5-7-11(12)9-13(15)14(2,3)4;1-12(2,3)11-8-9-6-4-5-7-10(9)13-11/h5-8,13H,9H2,1-4H3;4-7,11,13H,8H2,1-3H3. The summed E-state index contributed by atoms with van der Waals surface area (Å²) < 4.78 is 0. The highest BCUT2D eigenvalue weighted by molar-refractivity contribution is 5.94. The highest BCUT2D eigenvalue weighted by atomic mass is 16.2. The molecule has 0 aliphatic carbocycles. The third-order valence-corrected chi connectivity index (χ3v) is 6.13. The van der Waals surface area contributed by atoms with Gasteiger partial charge in [0.15, 0.2) is 0 Å². The SMILES string of the molecule is CC(=O)N1c2ccccc2CC1C(C)(C)C.CC(C)(C)C1Cc2ccccc2N1. The number of hydrogen-bond donors (Lipinski definition) is 1. The van der Waals surface area contributed by atoms with Crippen molar-refractivity contribution in [3.05, 3.63) is 59.7 Å². The van der Waals surface area contributed by atoms with Crippen LogP contribution >= 0.6 is 0 Å². The molecular weight excluding hydrogens is 356 g/mol. The molecule has 1 N–H and O–H groups in total. The van der Waals surface area contributed by atoms with Crippen LogP contribution in [-0.2, 0) is 17.6 Å². The molecule has 2 unspecified atom stereocenters. The van der Waals surface area contributed by atoms with Crippen LogP contribution in [-0.4, -0.2) is 18.0 Å². The van der Waals surface area contributed by atoms with Crippen LogP contribution in [0.25, 0.3) is 0 Å². The molecule has 2 aromatic rings. The third kappa shape index (κ3) is 4.66. The molecule has 2 heterocycles. The van der Waals surface area contributed by atoms with Crippen LogP contribution in [0.3, 0.4) is 0 Å². The Bertz CT molecular complexity index is 848. The lowest BCUT2D eigenvalue weighted by Crippen LogP contribution is -2.44. The zero-order chi connectivity index (χ0) is 21.4. The van der Waals surface area contributed by atoms with E-state index in [1.807, 2.05) is 23.1 Å². The molecule has 0 radical (unpaired) electrons. The largest absolute Gasteiger partial charge is 0.381 e. The van der Waals surface area contributed by atoms with E-state index in [0.29, 0.717) is 11.5 Å². The molecule has 1 amide bonds. The number of hydrogen-bond acceptors (Lipinski definition) is 2. The Hall–Kier alpha value is -2.29. The summed E-state index contributed by atoms with van der Waals surface area (Å²) in [6.45, 7) is 15.1. The highest BCUT2D eigenvalue weighted by Crippen LogP contribution is 2.39. The molecule has 0 fully saturated rings. The van der Waals surface area contributed by atoms with E-state index >= 15 is 0 Å². The number of benzene rings is 2. The number of fused-ring (bicyclic) bond motifs is 2. The number of anilines is 2. The second-order valence-corrected chi connectivity index (χ2v) is 10.5. The molecule has 3 heteroatoms. The van der Waals surface area contributed by atoms with Crippen molar-refractivity contribution in [1.82, 2.24) is 0 Å². The summed E-state index contributed by atoms with van der Waals surface area (Å²) in [7, 11) is 0. The van der Waals surface area contributed by atoms with Crippen LogP contribution in [0.5, 0.6) is 0 Å². The molecule has 2 aliphatic rings. The van der Waals surface area contributed by atoms with Crippen LogP contribution in [0.1, 0.15) is 59.6 Å². The van der Waals surface area contributed by atoms with E-state index in [4.69, 9.17) is 0 Å². The zero-order valence-corrected chi connectivity index (χ0v) is 19.0. The van der Waals surface area contributed by atoms with Gasteiger partial charge in [-0.2, -0.15) is 0 Å². The van der Waals surface area contributed by atoms with Crippen molar-refractivity contribution in [3.8, 4) is 0 Å². The van der Waals surface area contributed by atoms with Gasteiger partial charge in [0, 0.05) is 30.4 Å². The average Bonchev–Trinajstić information content (AvgIpc) is 3.23. The van der Waals surface area contributed by atoms with E-state index in [1.54, 1.807) is 6.92 Å². The molecule has 2 aromatic carbocycles. The van der Waals surface area contributed by atoms with Crippen molar-refractivity contribution < 1.29 is 4.79 Å². The van der Waals surface area contributed by atoms with Crippen molar-refractivity contribution in [2.75, 3.05) is 10.2 Å². The summed E-state index contributed by atoms with van der Waals surface area (Å²) in [5, 5.41) is 3.57. The first-order valence-corrected chi connectivity index (χ1v) is 10.7. The quantitative estimate of drug-likeness (QED) is 0.589. The first-order valence-electron chi connectivity index (χ1n) is 10.7. The van der Waals surface area contributed by atoms with Gasteiger partial charge < -0.3 is 10.2 Å². The van der Waals surface area contributed by atoms with Crippen molar-refractivity contribution in [1.29, 1.82) is 0 Å². The maximum atomic E-state index is 11.8. The second-order valence-electron chi connectivity index (χ2n) is 10.5. The first-order chi connectivity index (χ1) is 13.5. The molecule has 0 saturated heterocycles. The Morgan fingerprint density at radius 3 is 2.00 bits per heavy atom. The van der Waals surface area contributed by atoms with Gasteiger partial charge in [-0.15, -0.1) is 0 Å². The Kier molecular flexibility index (Phi) is 5.80. The van der Waals surface area contributed by atoms with Gasteiger partial charge in [0.05, 0.1) is 0 Å². The number of para-hydroxylation sites is 2. The number of carbonyl (C=O) groups is 1. The zero-order valence-electron chi connectivity index (χ0n) is 19.0. The van der Waals surface area contributed by atoms with E-state index in [-0.39, 0.29) is 17.4 Å². The van der Waals surface area contributed by atoms with Crippen LogP contribution in [0.4, 0.5) is 11.4 Å². The van der Waals surface area contributed by atoms with Gasteiger partial charge in [-0.25, -0.2) is 0 Å². The molecule has 0 spiro atoms.